The molecule has 2 rings (SSSR count). The third-order valence-corrected chi connectivity index (χ3v) is 3.63. The normalized spacial score (nSPS) is 9.95. The van der Waals surface area contributed by atoms with Crippen molar-refractivity contribution in [2.24, 2.45) is 0 Å². The lowest BCUT2D eigenvalue weighted by atomic mass is 10.1. The maximum Gasteiger partial charge on any atom is 0.174 e. The Kier molecular flexibility index (Phi) is 5.65. The van der Waals surface area contributed by atoms with Crippen molar-refractivity contribution in [3.63, 3.8) is 0 Å². The van der Waals surface area contributed by atoms with Gasteiger partial charge in [-0.1, -0.05) is 35.0 Å². The molecule has 0 aliphatic heterocycles. The molecule has 0 unspecified atom stereocenters. The number of nitrogens with zero attached hydrogens (tertiary/aromatic N) is 1. The van der Waals surface area contributed by atoms with Gasteiger partial charge in [-0.3, -0.25) is 0 Å². The van der Waals surface area contributed by atoms with Crippen molar-refractivity contribution in [3.8, 4) is 11.8 Å². The molecule has 0 saturated carbocycles. The van der Waals surface area contributed by atoms with E-state index in [0.717, 1.165) is 34.4 Å². The first-order valence-corrected chi connectivity index (χ1v) is 7.63. The summed E-state index contributed by atoms with van der Waals surface area (Å²) in [5.74, 6) is 0.724. The number of aryl methyl sites for hydroxylation is 1. The molecule has 108 valence electrons. The highest BCUT2D eigenvalue weighted by Crippen LogP contribution is 2.22. The lowest BCUT2D eigenvalue weighted by Crippen LogP contribution is -2.03. The Bertz CT molecular complexity index is 649. The van der Waals surface area contributed by atoms with E-state index in [2.05, 4.69) is 40.3 Å². The lowest BCUT2D eigenvalue weighted by Gasteiger charge is -2.12. The van der Waals surface area contributed by atoms with E-state index in [0.29, 0.717) is 0 Å². The van der Waals surface area contributed by atoms with Crippen LogP contribution >= 0.6 is 15.9 Å². The first-order valence-electron chi connectivity index (χ1n) is 6.84. The van der Waals surface area contributed by atoms with E-state index in [9.17, 15) is 0 Å². The van der Waals surface area contributed by atoms with E-state index in [1.54, 1.807) is 0 Å². The Morgan fingerprint density at radius 3 is 2.86 bits per heavy atom. The van der Waals surface area contributed by atoms with Gasteiger partial charge >= 0.3 is 0 Å². The SMILES string of the molecule is CCc1cc(Br)ccc1NCc1cccc(OCC#N)c1. The predicted octanol–water partition coefficient (Wildman–Crippen LogP) is 4.53. The van der Waals surface area contributed by atoms with Crippen LogP contribution < -0.4 is 10.1 Å². The van der Waals surface area contributed by atoms with Crippen LogP contribution in [-0.2, 0) is 13.0 Å². The molecule has 2 aromatic carbocycles. The molecule has 0 saturated heterocycles. The summed E-state index contributed by atoms with van der Waals surface area (Å²) in [7, 11) is 0. The molecule has 0 aliphatic rings. The van der Waals surface area contributed by atoms with Crippen LogP contribution in [0, 0.1) is 11.3 Å². The molecule has 0 atom stereocenters. The Balaban J connectivity index is 2.04. The third-order valence-electron chi connectivity index (χ3n) is 3.13. The zero-order valence-electron chi connectivity index (χ0n) is 11.9. The fourth-order valence-corrected chi connectivity index (χ4v) is 2.49. The summed E-state index contributed by atoms with van der Waals surface area (Å²) in [6.45, 7) is 2.94. The average molecular weight is 345 g/mol. The van der Waals surface area contributed by atoms with Crippen molar-refractivity contribution >= 4 is 21.6 Å². The number of rotatable bonds is 6. The van der Waals surface area contributed by atoms with Crippen molar-refractivity contribution in [2.45, 2.75) is 19.9 Å². The van der Waals surface area contributed by atoms with Gasteiger partial charge in [0.05, 0.1) is 0 Å². The van der Waals surface area contributed by atoms with Crippen molar-refractivity contribution < 1.29 is 4.74 Å². The van der Waals surface area contributed by atoms with Crippen LogP contribution in [0.1, 0.15) is 18.1 Å². The van der Waals surface area contributed by atoms with Crippen LogP contribution in [0.3, 0.4) is 0 Å². The first-order chi connectivity index (χ1) is 10.2. The zero-order chi connectivity index (χ0) is 15.1. The monoisotopic (exact) mass is 344 g/mol. The number of anilines is 1. The van der Waals surface area contributed by atoms with Crippen LogP contribution in [0.4, 0.5) is 5.69 Å². The van der Waals surface area contributed by atoms with Gasteiger partial charge in [0.1, 0.15) is 11.8 Å². The summed E-state index contributed by atoms with van der Waals surface area (Å²) in [4.78, 5) is 0. The molecule has 3 nitrogen and oxygen atoms in total. The topological polar surface area (TPSA) is 45.0 Å². The van der Waals surface area contributed by atoms with Crippen LogP contribution in [-0.4, -0.2) is 6.61 Å². The maximum absolute atomic E-state index is 8.54. The molecule has 0 bridgehead atoms. The van der Waals surface area contributed by atoms with Gasteiger partial charge in [-0.15, -0.1) is 0 Å². The van der Waals surface area contributed by atoms with Gasteiger partial charge < -0.3 is 10.1 Å². The summed E-state index contributed by atoms with van der Waals surface area (Å²) < 4.78 is 6.41. The van der Waals surface area contributed by atoms with E-state index < -0.39 is 0 Å². The van der Waals surface area contributed by atoms with E-state index >= 15 is 0 Å². The minimum Gasteiger partial charge on any atom is -0.479 e. The summed E-state index contributed by atoms with van der Waals surface area (Å²) in [6, 6.07) is 16.0. The molecule has 0 radical (unpaired) electrons. The number of ether oxygens (including phenoxy) is 1. The second kappa shape index (κ2) is 7.70. The number of hydrogen-bond acceptors (Lipinski definition) is 3. The summed E-state index contributed by atoms with van der Waals surface area (Å²) in [5.41, 5.74) is 3.54. The number of nitriles is 1. The first kappa shape index (κ1) is 15.4. The van der Waals surface area contributed by atoms with Gasteiger partial charge in [-0.2, -0.15) is 5.26 Å². The predicted molar refractivity (Wildman–Crippen MR) is 88.4 cm³/mol. The minimum atomic E-state index is 0.0730. The molecule has 0 fully saturated rings. The smallest absolute Gasteiger partial charge is 0.174 e. The fourth-order valence-electron chi connectivity index (χ4n) is 2.09. The van der Waals surface area contributed by atoms with Crippen LogP contribution in [0.2, 0.25) is 0 Å². The standard InChI is InChI=1S/C17H17BrN2O/c1-2-14-11-15(18)6-7-17(14)20-12-13-4-3-5-16(10-13)21-9-8-19/h3-7,10-11,20H,2,9,12H2,1H3. The molecule has 0 aliphatic carbocycles. The number of nitrogens with one attached hydrogen (secondary N) is 1. The number of halogens is 1. The highest BCUT2D eigenvalue weighted by atomic mass is 79.9. The highest BCUT2D eigenvalue weighted by molar-refractivity contribution is 9.10. The molecule has 4 heteroatoms. The molecule has 0 heterocycles. The van der Waals surface area contributed by atoms with Gasteiger partial charge in [0.25, 0.3) is 0 Å². The Morgan fingerprint density at radius 2 is 2.10 bits per heavy atom. The largest absolute Gasteiger partial charge is 0.479 e. The second-order valence-electron chi connectivity index (χ2n) is 4.60. The quantitative estimate of drug-likeness (QED) is 0.837. The van der Waals surface area contributed by atoms with Gasteiger partial charge in [0.2, 0.25) is 0 Å². The molecule has 0 aromatic heterocycles. The van der Waals surface area contributed by atoms with Crippen molar-refractivity contribution in [1.29, 1.82) is 5.26 Å². The average Bonchev–Trinajstić information content (AvgIpc) is 2.52. The summed E-state index contributed by atoms with van der Waals surface area (Å²) in [6.07, 6.45) is 0.979. The molecule has 0 spiro atoms. The third kappa shape index (κ3) is 4.51. The van der Waals surface area contributed by atoms with Crippen LogP contribution in [0.5, 0.6) is 5.75 Å². The summed E-state index contributed by atoms with van der Waals surface area (Å²) >= 11 is 3.50. The number of hydrogen-bond donors (Lipinski definition) is 1. The van der Waals surface area contributed by atoms with E-state index in [1.807, 2.05) is 36.4 Å². The molecular weight excluding hydrogens is 328 g/mol. The van der Waals surface area contributed by atoms with Gasteiger partial charge in [0.15, 0.2) is 6.61 Å². The van der Waals surface area contributed by atoms with E-state index in [1.165, 1.54) is 5.56 Å². The summed E-state index contributed by atoms with van der Waals surface area (Å²) in [5, 5.41) is 12.0. The van der Waals surface area contributed by atoms with Crippen molar-refractivity contribution in [2.75, 3.05) is 11.9 Å². The molecule has 21 heavy (non-hydrogen) atoms. The van der Waals surface area contributed by atoms with E-state index in [4.69, 9.17) is 10.00 Å². The molecule has 0 amide bonds. The van der Waals surface area contributed by atoms with Crippen LogP contribution in [0.15, 0.2) is 46.9 Å². The second-order valence-corrected chi connectivity index (χ2v) is 5.52. The fraction of sp³-hybridized carbons (Fsp3) is 0.235. The Morgan fingerprint density at radius 1 is 1.24 bits per heavy atom. The molecule has 1 N–H and O–H groups in total. The van der Waals surface area contributed by atoms with Crippen LogP contribution in [0.25, 0.3) is 0 Å². The van der Waals surface area contributed by atoms with E-state index in [-0.39, 0.29) is 6.61 Å². The number of benzene rings is 2. The Labute approximate surface area is 133 Å². The van der Waals surface area contributed by atoms with Gasteiger partial charge in [-0.05, 0) is 47.9 Å². The van der Waals surface area contributed by atoms with Crippen molar-refractivity contribution in [1.82, 2.24) is 0 Å². The molecular formula is C17H17BrN2O. The minimum absolute atomic E-state index is 0.0730. The zero-order valence-corrected chi connectivity index (χ0v) is 13.5. The maximum atomic E-state index is 8.54. The van der Waals surface area contributed by atoms with Gasteiger partial charge in [0, 0.05) is 16.7 Å². The highest BCUT2D eigenvalue weighted by Gasteiger charge is 2.02. The lowest BCUT2D eigenvalue weighted by molar-refractivity contribution is 0.368. The van der Waals surface area contributed by atoms with Crippen molar-refractivity contribution in [3.05, 3.63) is 58.1 Å². The molecule has 2 aromatic rings. The Hall–Kier alpha value is -1.99. The van der Waals surface area contributed by atoms with Gasteiger partial charge in [-0.25, -0.2) is 0 Å².